The zero-order chi connectivity index (χ0) is 14.3. The molecule has 0 aromatic heterocycles. The first kappa shape index (κ1) is 14.2. The van der Waals surface area contributed by atoms with Gasteiger partial charge in [-0.3, -0.25) is 4.79 Å². The zero-order valence-corrected chi connectivity index (χ0v) is 12.6. The van der Waals surface area contributed by atoms with Crippen LogP contribution in [0.5, 0.6) is 0 Å². The number of nitrogens with zero attached hydrogens (tertiary/aromatic N) is 1. The highest BCUT2D eigenvalue weighted by Crippen LogP contribution is 2.47. The number of carbonyl (C=O) groups is 1. The van der Waals surface area contributed by atoms with Gasteiger partial charge in [0.05, 0.1) is 6.07 Å². The van der Waals surface area contributed by atoms with Gasteiger partial charge in [-0.2, -0.15) is 5.26 Å². The van der Waals surface area contributed by atoms with E-state index in [2.05, 4.69) is 22.0 Å². The number of nitriles is 1. The number of benzene rings is 1. The van der Waals surface area contributed by atoms with Gasteiger partial charge in [-0.05, 0) is 30.5 Å². The van der Waals surface area contributed by atoms with Crippen LogP contribution in [0.3, 0.4) is 0 Å². The first-order valence-corrected chi connectivity index (χ1v) is 7.00. The fourth-order valence-electron chi connectivity index (χ4n) is 2.71. The Morgan fingerprint density at radius 2 is 2.11 bits per heavy atom. The van der Waals surface area contributed by atoms with Crippen LogP contribution in [0.4, 0.5) is 4.39 Å². The first-order valence-electron chi connectivity index (χ1n) is 6.21. The van der Waals surface area contributed by atoms with Crippen LogP contribution in [0.25, 0.3) is 0 Å². The Bertz CT molecular complexity index is 576. The minimum absolute atomic E-state index is 0.0650. The molecule has 1 aromatic rings. The molecule has 1 aromatic carbocycles. The molecule has 1 aliphatic rings. The van der Waals surface area contributed by atoms with Crippen molar-refractivity contribution in [3.63, 3.8) is 0 Å². The number of ketones is 1. The highest BCUT2D eigenvalue weighted by atomic mass is 79.9. The minimum Gasteiger partial charge on any atom is -0.297 e. The topological polar surface area (TPSA) is 40.9 Å². The van der Waals surface area contributed by atoms with Crippen LogP contribution < -0.4 is 0 Å². The van der Waals surface area contributed by atoms with E-state index in [4.69, 9.17) is 0 Å². The molecule has 0 N–H and O–H groups in total. The van der Waals surface area contributed by atoms with E-state index >= 15 is 0 Å². The van der Waals surface area contributed by atoms with Gasteiger partial charge < -0.3 is 0 Å². The molecule has 0 bridgehead atoms. The number of rotatable bonds is 2. The predicted molar refractivity (Wildman–Crippen MR) is 73.9 cm³/mol. The van der Waals surface area contributed by atoms with E-state index in [1.54, 1.807) is 12.1 Å². The quantitative estimate of drug-likeness (QED) is 0.824. The van der Waals surface area contributed by atoms with Crippen molar-refractivity contribution in [3.05, 3.63) is 34.1 Å². The molecule has 0 radical (unpaired) electrons. The zero-order valence-electron chi connectivity index (χ0n) is 11.0. The van der Waals surface area contributed by atoms with Gasteiger partial charge >= 0.3 is 0 Å². The molecule has 0 heterocycles. The minimum atomic E-state index is -1.07. The molecule has 0 amide bonds. The Labute approximate surface area is 120 Å². The highest BCUT2D eigenvalue weighted by molar-refractivity contribution is 9.10. The molecule has 1 aliphatic carbocycles. The Balaban J connectivity index is 2.36. The summed E-state index contributed by atoms with van der Waals surface area (Å²) in [7, 11) is 0. The second-order valence-corrected chi connectivity index (χ2v) is 6.74. The predicted octanol–water partition coefficient (Wildman–Crippen LogP) is 4.03. The van der Waals surface area contributed by atoms with Crippen LogP contribution in [-0.2, 0) is 11.2 Å². The third-order valence-corrected chi connectivity index (χ3v) is 4.44. The first-order chi connectivity index (χ1) is 8.81. The molecule has 1 saturated carbocycles. The van der Waals surface area contributed by atoms with Crippen LogP contribution in [-0.4, -0.2) is 5.78 Å². The molecule has 0 aliphatic heterocycles. The molecule has 2 nitrogen and oxygen atoms in total. The summed E-state index contributed by atoms with van der Waals surface area (Å²) in [6, 6.07) is 6.88. The van der Waals surface area contributed by atoms with Gasteiger partial charge in [0.1, 0.15) is 11.2 Å². The number of hydrogen-bond donors (Lipinski definition) is 0. The molecular weight excluding hydrogens is 309 g/mol. The second kappa shape index (κ2) is 4.72. The van der Waals surface area contributed by atoms with Crippen molar-refractivity contribution >= 4 is 21.7 Å². The van der Waals surface area contributed by atoms with E-state index in [-0.39, 0.29) is 18.0 Å². The van der Waals surface area contributed by atoms with Crippen molar-refractivity contribution in [3.8, 4) is 6.07 Å². The number of hydrogen-bond acceptors (Lipinski definition) is 2. The smallest absolute Gasteiger partial charge is 0.158 e. The Hall–Kier alpha value is -1.21. The fourth-order valence-corrected chi connectivity index (χ4v) is 3.04. The fraction of sp³-hybridized carbons (Fsp3) is 0.467. The molecule has 1 fully saturated rings. The molecule has 4 heteroatoms. The summed E-state index contributed by atoms with van der Waals surface area (Å²) in [5.74, 6) is -0.439. The van der Waals surface area contributed by atoms with Gasteiger partial charge in [0.2, 0.25) is 0 Å². The molecule has 100 valence electrons. The lowest BCUT2D eigenvalue weighted by Gasteiger charge is -2.22. The maximum Gasteiger partial charge on any atom is 0.158 e. The van der Waals surface area contributed by atoms with Crippen LogP contribution in [0.1, 0.15) is 32.3 Å². The average Bonchev–Trinajstić information content (AvgIpc) is 2.57. The SMILES string of the molecule is CC1(C)CCC(C#N)(Cc2ccc(Br)cc2F)C1=O. The van der Waals surface area contributed by atoms with Gasteiger partial charge in [0.25, 0.3) is 0 Å². The number of Topliss-reactive ketones (excluding diaryl/α,β-unsaturated/α-hetero) is 1. The monoisotopic (exact) mass is 323 g/mol. The molecule has 1 atom stereocenters. The summed E-state index contributed by atoms with van der Waals surface area (Å²) < 4.78 is 14.5. The Morgan fingerprint density at radius 1 is 1.42 bits per heavy atom. The summed E-state index contributed by atoms with van der Waals surface area (Å²) >= 11 is 3.20. The maximum atomic E-state index is 13.9. The normalized spacial score (nSPS) is 25.3. The van der Waals surface area contributed by atoms with Crippen molar-refractivity contribution in [2.75, 3.05) is 0 Å². The Morgan fingerprint density at radius 3 is 2.58 bits per heavy atom. The van der Waals surface area contributed by atoms with Crippen LogP contribution in [0, 0.1) is 28.0 Å². The average molecular weight is 324 g/mol. The number of carbonyl (C=O) groups excluding carboxylic acids is 1. The van der Waals surface area contributed by atoms with Crippen molar-refractivity contribution in [1.82, 2.24) is 0 Å². The summed E-state index contributed by atoms with van der Waals surface area (Å²) in [4.78, 5) is 12.4. The van der Waals surface area contributed by atoms with Gasteiger partial charge in [-0.25, -0.2) is 4.39 Å². The lowest BCUT2D eigenvalue weighted by Crippen LogP contribution is -2.33. The van der Waals surface area contributed by atoms with E-state index in [1.807, 2.05) is 13.8 Å². The van der Waals surface area contributed by atoms with Gasteiger partial charge in [-0.15, -0.1) is 0 Å². The summed E-state index contributed by atoms with van der Waals surface area (Å²) in [5, 5.41) is 9.42. The van der Waals surface area contributed by atoms with E-state index in [9.17, 15) is 14.4 Å². The van der Waals surface area contributed by atoms with E-state index in [0.29, 0.717) is 22.9 Å². The summed E-state index contributed by atoms with van der Waals surface area (Å²) in [5.41, 5.74) is -1.13. The molecule has 0 saturated heterocycles. The van der Waals surface area contributed by atoms with Gasteiger partial charge in [-0.1, -0.05) is 35.8 Å². The lowest BCUT2D eigenvalue weighted by atomic mass is 9.77. The lowest BCUT2D eigenvalue weighted by molar-refractivity contribution is -0.130. The van der Waals surface area contributed by atoms with E-state index < -0.39 is 10.8 Å². The van der Waals surface area contributed by atoms with Crippen molar-refractivity contribution in [2.45, 2.75) is 33.1 Å². The van der Waals surface area contributed by atoms with Crippen LogP contribution >= 0.6 is 15.9 Å². The maximum absolute atomic E-state index is 13.9. The van der Waals surface area contributed by atoms with E-state index in [0.717, 1.165) is 0 Å². The van der Waals surface area contributed by atoms with Gasteiger partial charge in [0, 0.05) is 16.3 Å². The van der Waals surface area contributed by atoms with Crippen LogP contribution in [0.15, 0.2) is 22.7 Å². The summed E-state index contributed by atoms with van der Waals surface area (Å²) in [6.45, 7) is 3.71. The molecule has 19 heavy (non-hydrogen) atoms. The largest absolute Gasteiger partial charge is 0.297 e. The Kier molecular flexibility index (Phi) is 3.53. The van der Waals surface area contributed by atoms with Crippen molar-refractivity contribution < 1.29 is 9.18 Å². The van der Waals surface area contributed by atoms with Crippen molar-refractivity contribution in [1.29, 1.82) is 5.26 Å². The van der Waals surface area contributed by atoms with E-state index in [1.165, 1.54) is 6.07 Å². The molecule has 1 unspecified atom stereocenters. The summed E-state index contributed by atoms with van der Waals surface area (Å²) in [6.07, 6.45) is 1.34. The second-order valence-electron chi connectivity index (χ2n) is 5.82. The van der Waals surface area contributed by atoms with Crippen LogP contribution in [0.2, 0.25) is 0 Å². The molecule has 2 rings (SSSR count). The highest BCUT2D eigenvalue weighted by Gasteiger charge is 2.52. The third-order valence-electron chi connectivity index (χ3n) is 3.95. The van der Waals surface area contributed by atoms with Gasteiger partial charge in [0.15, 0.2) is 5.78 Å². The standard InChI is InChI=1S/C15H15BrFNO/c1-14(2)5-6-15(9-18,13(14)19)8-10-3-4-11(16)7-12(10)17/h3-4,7H,5-6,8H2,1-2H3. The van der Waals surface area contributed by atoms with Crippen molar-refractivity contribution in [2.24, 2.45) is 10.8 Å². The number of halogens is 2. The third kappa shape index (κ3) is 2.44. The molecular formula is C15H15BrFNO. The molecule has 0 spiro atoms.